The maximum absolute atomic E-state index is 12.8. The number of nitrogens with zero attached hydrogens (tertiary/aromatic N) is 1. The van der Waals surface area contributed by atoms with E-state index in [-0.39, 0.29) is 6.42 Å². The second-order valence-electron chi connectivity index (χ2n) is 3.78. The number of halogens is 5. The lowest BCUT2D eigenvalue weighted by Crippen LogP contribution is -2.25. The molecule has 0 heterocycles. The summed E-state index contributed by atoms with van der Waals surface area (Å²) in [6.07, 6.45) is -3.04. The zero-order valence-electron chi connectivity index (χ0n) is 9.23. The number of allylic oxidation sites excluding steroid dienone is 2. The van der Waals surface area contributed by atoms with Crippen LogP contribution in [0.15, 0.2) is 12.2 Å². The molecule has 0 atom stereocenters. The van der Waals surface area contributed by atoms with Crippen molar-refractivity contribution in [2.24, 2.45) is 0 Å². The largest absolute Gasteiger partial charge is 0.394 e. The minimum atomic E-state index is -4.82. The highest BCUT2D eigenvalue weighted by Crippen LogP contribution is 2.34. The summed E-state index contributed by atoms with van der Waals surface area (Å²) in [7, 11) is 0. The zero-order valence-corrected chi connectivity index (χ0v) is 9.23. The lowest BCUT2D eigenvalue weighted by molar-refractivity contribution is -0.189. The summed E-state index contributed by atoms with van der Waals surface area (Å²) in [5.41, 5.74) is 0. The first-order chi connectivity index (χ1) is 7.77. The van der Waals surface area contributed by atoms with Crippen molar-refractivity contribution in [3.05, 3.63) is 12.2 Å². The number of hydrogen-bond acceptors (Lipinski definition) is 1. The second-order valence-corrected chi connectivity index (χ2v) is 3.78. The molecule has 1 nitrogen and oxygen atoms in total. The van der Waals surface area contributed by atoms with Crippen LogP contribution in [0.25, 0.3) is 0 Å². The van der Waals surface area contributed by atoms with Crippen LogP contribution in [0.1, 0.15) is 38.5 Å². The van der Waals surface area contributed by atoms with Crippen molar-refractivity contribution < 1.29 is 22.0 Å². The highest BCUT2D eigenvalue weighted by molar-refractivity contribution is 5.01. The summed E-state index contributed by atoms with van der Waals surface area (Å²) in [4.78, 5) is 0. The van der Waals surface area contributed by atoms with Crippen LogP contribution in [0.2, 0.25) is 0 Å². The SMILES string of the molecule is N#CC=CCCCCCC(F)(F)CC(F)(F)F. The van der Waals surface area contributed by atoms with E-state index in [2.05, 4.69) is 0 Å². The molecule has 0 saturated heterocycles. The van der Waals surface area contributed by atoms with E-state index >= 15 is 0 Å². The standard InChI is InChI=1S/C11H14F5N/c12-10(13,9-11(14,15)16)7-5-3-1-2-4-6-8-17/h4,6H,1-3,5,7,9H2. The third kappa shape index (κ3) is 11.1. The van der Waals surface area contributed by atoms with Crippen molar-refractivity contribution in [3.8, 4) is 6.07 Å². The molecular weight excluding hydrogens is 241 g/mol. The molecule has 6 heteroatoms. The van der Waals surface area contributed by atoms with Gasteiger partial charge in [0.1, 0.15) is 6.42 Å². The Morgan fingerprint density at radius 2 is 1.65 bits per heavy atom. The van der Waals surface area contributed by atoms with Crippen LogP contribution < -0.4 is 0 Å². The van der Waals surface area contributed by atoms with Crippen LogP contribution in [0.3, 0.4) is 0 Å². The number of hydrogen-bond donors (Lipinski definition) is 0. The molecule has 0 saturated carbocycles. The van der Waals surface area contributed by atoms with Gasteiger partial charge in [0.25, 0.3) is 5.92 Å². The van der Waals surface area contributed by atoms with Gasteiger partial charge in [0.2, 0.25) is 0 Å². The predicted octanol–water partition coefficient (Wildman–Crippen LogP) is 4.60. The maximum atomic E-state index is 12.8. The molecule has 0 bridgehead atoms. The van der Waals surface area contributed by atoms with Crippen molar-refractivity contribution in [3.63, 3.8) is 0 Å². The number of nitriles is 1. The van der Waals surface area contributed by atoms with E-state index in [1.165, 1.54) is 6.08 Å². The van der Waals surface area contributed by atoms with E-state index in [1.807, 2.05) is 0 Å². The molecular formula is C11H14F5N. The molecule has 17 heavy (non-hydrogen) atoms. The Morgan fingerprint density at radius 3 is 2.18 bits per heavy atom. The Morgan fingerprint density at radius 1 is 1.00 bits per heavy atom. The van der Waals surface area contributed by atoms with Crippen molar-refractivity contribution >= 4 is 0 Å². The maximum Gasteiger partial charge on any atom is 0.394 e. The van der Waals surface area contributed by atoms with Gasteiger partial charge in [-0.1, -0.05) is 12.5 Å². The van der Waals surface area contributed by atoms with Crippen LogP contribution in [-0.4, -0.2) is 12.1 Å². The molecule has 98 valence electrons. The third-order valence-electron chi connectivity index (χ3n) is 2.06. The van der Waals surface area contributed by atoms with Crippen LogP contribution in [0, 0.1) is 11.3 Å². The van der Waals surface area contributed by atoms with Crippen molar-refractivity contribution in [2.75, 3.05) is 0 Å². The molecule has 0 N–H and O–H groups in total. The van der Waals surface area contributed by atoms with Gasteiger partial charge in [-0.05, 0) is 19.3 Å². The highest BCUT2D eigenvalue weighted by atomic mass is 19.4. The quantitative estimate of drug-likeness (QED) is 0.370. The average Bonchev–Trinajstić information content (AvgIpc) is 2.12. The van der Waals surface area contributed by atoms with E-state index in [0.717, 1.165) is 0 Å². The van der Waals surface area contributed by atoms with Gasteiger partial charge >= 0.3 is 6.18 Å². The van der Waals surface area contributed by atoms with Crippen LogP contribution in [0.4, 0.5) is 22.0 Å². The molecule has 0 unspecified atom stereocenters. The number of alkyl halides is 5. The zero-order chi connectivity index (χ0) is 13.4. The van der Waals surface area contributed by atoms with Crippen LogP contribution >= 0.6 is 0 Å². The Hall–Kier alpha value is -1.12. The fourth-order valence-corrected chi connectivity index (χ4v) is 1.34. The Bertz CT molecular complexity index is 275. The Balaban J connectivity index is 3.67. The van der Waals surface area contributed by atoms with Gasteiger partial charge in [0.05, 0.1) is 6.07 Å². The predicted molar refractivity (Wildman–Crippen MR) is 53.5 cm³/mol. The van der Waals surface area contributed by atoms with Gasteiger partial charge in [-0.2, -0.15) is 18.4 Å². The molecule has 0 radical (unpaired) electrons. The van der Waals surface area contributed by atoms with Gasteiger partial charge in [0.15, 0.2) is 0 Å². The molecule has 0 aliphatic rings. The molecule has 0 aliphatic carbocycles. The molecule has 0 aromatic carbocycles. The summed E-state index contributed by atoms with van der Waals surface area (Å²) >= 11 is 0. The molecule has 0 fully saturated rings. The first kappa shape index (κ1) is 15.9. The van der Waals surface area contributed by atoms with Crippen molar-refractivity contribution in [1.29, 1.82) is 5.26 Å². The summed E-state index contributed by atoms with van der Waals surface area (Å²) < 4.78 is 60.8. The lowest BCUT2D eigenvalue weighted by Gasteiger charge is -2.17. The van der Waals surface area contributed by atoms with Gasteiger partial charge < -0.3 is 0 Å². The smallest absolute Gasteiger partial charge is 0.207 e. The Labute approximate surface area is 96.9 Å². The third-order valence-corrected chi connectivity index (χ3v) is 2.06. The van der Waals surface area contributed by atoms with Crippen LogP contribution in [0.5, 0.6) is 0 Å². The number of rotatable bonds is 7. The molecule has 0 spiro atoms. The summed E-state index contributed by atoms with van der Waals surface area (Å²) in [6, 6.07) is 1.78. The molecule has 0 aromatic rings. The first-order valence-corrected chi connectivity index (χ1v) is 5.26. The average molecular weight is 255 g/mol. The first-order valence-electron chi connectivity index (χ1n) is 5.26. The fraction of sp³-hybridized carbons (Fsp3) is 0.727. The van der Waals surface area contributed by atoms with E-state index in [0.29, 0.717) is 19.3 Å². The fourth-order valence-electron chi connectivity index (χ4n) is 1.34. The van der Waals surface area contributed by atoms with Crippen molar-refractivity contribution in [1.82, 2.24) is 0 Å². The molecule has 0 amide bonds. The van der Waals surface area contributed by atoms with Gasteiger partial charge in [-0.25, -0.2) is 8.78 Å². The topological polar surface area (TPSA) is 23.8 Å². The monoisotopic (exact) mass is 255 g/mol. The number of unbranched alkanes of at least 4 members (excludes halogenated alkanes) is 3. The normalized spacial score (nSPS) is 12.9. The highest BCUT2D eigenvalue weighted by Gasteiger charge is 2.42. The minimum absolute atomic E-state index is 0.0590. The Kier molecular flexibility index (Phi) is 6.78. The van der Waals surface area contributed by atoms with E-state index < -0.39 is 24.9 Å². The summed E-state index contributed by atoms with van der Waals surface area (Å²) in [6.45, 7) is 0. The van der Waals surface area contributed by atoms with Crippen molar-refractivity contribution in [2.45, 2.75) is 50.6 Å². The van der Waals surface area contributed by atoms with E-state index in [4.69, 9.17) is 5.26 Å². The molecule has 0 aromatic heterocycles. The van der Waals surface area contributed by atoms with Gasteiger partial charge in [0, 0.05) is 12.5 Å². The van der Waals surface area contributed by atoms with Crippen LogP contribution in [-0.2, 0) is 0 Å². The lowest BCUT2D eigenvalue weighted by atomic mass is 10.1. The molecule has 0 aliphatic heterocycles. The summed E-state index contributed by atoms with van der Waals surface area (Å²) in [5, 5.41) is 8.14. The van der Waals surface area contributed by atoms with Gasteiger partial charge in [-0.3, -0.25) is 0 Å². The molecule has 0 rings (SSSR count). The summed E-state index contributed by atoms with van der Waals surface area (Å²) in [5.74, 6) is -3.67. The van der Waals surface area contributed by atoms with Gasteiger partial charge in [-0.15, -0.1) is 0 Å². The van der Waals surface area contributed by atoms with E-state index in [9.17, 15) is 22.0 Å². The second kappa shape index (κ2) is 7.25. The minimum Gasteiger partial charge on any atom is -0.207 e. The van der Waals surface area contributed by atoms with E-state index in [1.54, 1.807) is 12.1 Å².